The molecule has 1 aliphatic heterocycles. The number of nitrogens with zero attached hydrogens (tertiary/aromatic N) is 2. The number of aromatic nitrogens is 2. The summed E-state index contributed by atoms with van der Waals surface area (Å²) in [4.78, 5) is 0. The van der Waals surface area contributed by atoms with Crippen molar-refractivity contribution in [1.29, 1.82) is 0 Å². The largest absolute Gasteiger partial charge is 0.316 e. The molecule has 1 N–H and O–H groups in total. The standard InChI is InChI=1S/C16H21N3/c1-12-5-7-13(8-6-12)16-10-15(18-19(16)2)14-4-3-9-17-11-14/h5-8,10,14,17H,3-4,9,11H2,1-2H3. The molecule has 1 unspecified atom stereocenters. The van der Waals surface area contributed by atoms with Crippen LogP contribution in [0.15, 0.2) is 30.3 Å². The first-order valence-electron chi connectivity index (χ1n) is 7.06. The molecule has 100 valence electrons. The summed E-state index contributed by atoms with van der Waals surface area (Å²) in [6.07, 6.45) is 2.50. The number of aryl methyl sites for hydroxylation is 2. The minimum atomic E-state index is 0.569. The lowest BCUT2D eigenvalue weighted by atomic mass is 9.96. The average Bonchev–Trinajstić information content (AvgIpc) is 2.83. The maximum atomic E-state index is 4.71. The molecule has 0 aliphatic carbocycles. The summed E-state index contributed by atoms with van der Waals surface area (Å²) in [7, 11) is 2.04. The van der Waals surface area contributed by atoms with Gasteiger partial charge in [0, 0.05) is 19.5 Å². The van der Waals surface area contributed by atoms with Crippen LogP contribution in [0.3, 0.4) is 0 Å². The molecule has 2 aromatic rings. The Labute approximate surface area is 114 Å². The SMILES string of the molecule is Cc1ccc(-c2cc(C3CCCNC3)nn2C)cc1. The van der Waals surface area contributed by atoms with E-state index in [4.69, 9.17) is 5.10 Å². The van der Waals surface area contributed by atoms with Gasteiger partial charge in [-0.25, -0.2) is 0 Å². The number of hydrogen-bond acceptors (Lipinski definition) is 2. The number of nitrogens with one attached hydrogen (secondary N) is 1. The van der Waals surface area contributed by atoms with Crippen molar-refractivity contribution >= 4 is 0 Å². The van der Waals surface area contributed by atoms with E-state index in [1.165, 1.54) is 35.4 Å². The van der Waals surface area contributed by atoms with Gasteiger partial charge < -0.3 is 5.32 Å². The molecule has 1 fully saturated rings. The van der Waals surface area contributed by atoms with Crippen LogP contribution in [-0.4, -0.2) is 22.9 Å². The molecule has 19 heavy (non-hydrogen) atoms. The first-order chi connectivity index (χ1) is 9.24. The number of rotatable bonds is 2. The molecule has 0 saturated carbocycles. The van der Waals surface area contributed by atoms with E-state index in [0.29, 0.717) is 5.92 Å². The minimum absolute atomic E-state index is 0.569. The molecule has 0 bridgehead atoms. The van der Waals surface area contributed by atoms with E-state index in [1.807, 2.05) is 11.7 Å². The van der Waals surface area contributed by atoms with Crippen molar-refractivity contribution in [2.45, 2.75) is 25.7 Å². The Bertz CT molecular complexity index is 548. The molecule has 0 spiro atoms. The highest BCUT2D eigenvalue weighted by molar-refractivity contribution is 5.60. The summed E-state index contributed by atoms with van der Waals surface area (Å²) in [6.45, 7) is 4.32. The Morgan fingerprint density at radius 3 is 2.74 bits per heavy atom. The lowest BCUT2D eigenvalue weighted by Crippen LogP contribution is -2.28. The molecule has 1 atom stereocenters. The maximum absolute atomic E-state index is 4.71. The fourth-order valence-electron chi connectivity index (χ4n) is 2.79. The van der Waals surface area contributed by atoms with Crippen LogP contribution in [0.4, 0.5) is 0 Å². The second kappa shape index (κ2) is 5.17. The summed E-state index contributed by atoms with van der Waals surface area (Å²) in [5.74, 6) is 0.569. The molecule has 0 radical (unpaired) electrons. The van der Waals surface area contributed by atoms with Gasteiger partial charge in [-0.3, -0.25) is 4.68 Å². The quantitative estimate of drug-likeness (QED) is 0.894. The van der Waals surface area contributed by atoms with Gasteiger partial charge in [0.05, 0.1) is 11.4 Å². The monoisotopic (exact) mass is 255 g/mol. The van der Waals surface area contributed by atoms with Crippen molar-refractivity contribution in [2.24, 2.45) is 7.05 Å². The third-order valence-corrected chi connectivity index (χ3v) is 3.96. The number of piperidine rings is 1. The first-order valence-corrected chi connectivity index (χ1v) is 7.06. The van der Waals surface area contributed by atoms with Crippen LogP contribution >= 0.6 is 0 Å². The van der Waals surface area contributed by atoms with Crippen molar-refractivity contribution in [1.82, 2.24) is 15.1 Å². The van der Waals surface area contributed by atoms with Crippen molar-refractivity contribution in [3.63, 3.8) is 0 Å². The summed E-state index contributed by atoms with van der Waals surface area (Å²) >= 11 is 0. The molecular weight excluding hydrogens is 234 g/mol. The van der Waals surface area contributed by atoms with E-state index in [2.05, 4.69) is 42.6 Å². The first kappa shape index (κ1) is 12.4. The fraction of sp³-hybridized carbons (Fsp3) is 0.438. The summed E-state index contributed by atoms with van der Waals surface area (Å²) in [6, 6.07) is 10.9. The van der Waals surface area contributed by atoms with Crippen molar-refractivity contribution in [3.05, 3.63) is 41.6 Å². The lowest BCUT2D eigenvalue weighted by molar-refractivity contribution is 0.451. The fourth-order valence-corrected chi connectivity index (χ4v) is 2.79. The predicted molar refractivity (Wildman–Crippen MR) is 78.2 cm³/mol. The Kier molecular flexibility index (Phi) is 3.38. The minimum Gasteiger partial charge on any atom is -0.316 e. The van der Waals surface area contributed by atoms with Gasteiger partial charge in [-0.1, -0.05) is 29.8 Å². The van der Waals surface area contributed by atoms with E-state index >= 15 is 0 Å². The Morgan fingerprint density at radius 1 is 1.26 bits per heavy atom. The molecular formula is C16H21N3. The third-order valence-electron chi connectivity index (χ3n) is 3.96. The second-order valence-electron chi connectivity index (χ2n) is 5.49. The molecule has 3 heteroatoms. The van der Waals surface area contributed by atoms with E-state index in [0.717, 1.165) is 13.1 Å². The third kappa shape index (κ3) is 2.56. The van der Waals surface area contributed by atoms with E-state index in [-0.39, 0.29) is 0 Å². The van der Waals surface area contributed by atoms with Crippen LogP contribution in [0.5, 0.6) is 0 Å². The summed E-state index contributed by atoms with van der Waals surface area (Å²) < 4.78 is 2.01. The van der Waals surface area contributed by atoms with Crippen LogP contribution in [0.25, 0.3) is 11.3 Å². The highest BCUT2D eigenvalue weighted by Gasteiger charge is 2.19. The van der Waals surface area contributed by atoms with Gasteiger partial charge in [0.15, 0.2) is 0 Å². The van der Waals surface area contributed by atoms with E-state index < -0.39 is 0 Å². The Hall–Kier alpha value is -1.61. The van der Waals surface area contributed by atoms with Crippen LogP contribution in [0, 0.1) is 6.92 Å². The Morgan fingerprint density at radius 2 is 2.05 bits per heavy atom. The van der Waals surface area contributed by atoms with Gasteiger partial charge >= 0.3 is 0 Å². The Balaban J connectivity index is 1.90. The zero-order chi connectivity index (χ0) is 13.2. The summed E-state index contributed by atoms with van der Waals surface area (Å²) in [5.41, 5.74) is 4.98. The van der Waals surface area contributed by atoms with Crippen LogP contribution in [-0.2, 0) is 7.05 Å². The van der Waals surface area contributed by atoms with Crippen LogP contribution in [0.2, 0.25) is 0 Å². The van der Waals surface area contributed by atoms with Gasteiger partial charge in [0.1, 0.15) is 0 Å². The van der Waals surface area contributed by atoms with Gasteiger partial charge in [-0.2, -0.15) is 5.10 Å². The summed E-state index contributed by atoms with van der Waals surface area (Å²) in [5, 5.41) is 8.17. The van der Waals surface area contributed by atoms with Crippen LogP contribution in [0.1, 0.15) is 30.0 Å². The number of hydrogen-bond donors (Lipinski definition) is 1. The topological polar surface area (TPSA) is 29.9 Å². The zero-order valence-electron chi connectivity index (χ0n) is 11.7. The van der Waals surface area contributed by atoms with Crippen molar-refractivity contribution in [3.8, 4) is 11.3 Å². The molecule has 1 aromatic heterocycles. The highest BCUT2D eigenvalue weighted by Crippen LogP contribution is 2.27. The molecule has 3 rings (SSSR count). The maximum Gasteiger partial charge on any atom is 0.0681 e. The van der Waals surface area contributed by atoms with Crippen molar-refractivity contribution < 1.29 is 0 Å². The van der Waals surface area contributed by atoms with Crippen LogP contribution < -0.4 is 5.32 Å². The smallest absolute Gasteiger partial charge is 0.0681 e. The molecule has 3 nitrogen and oxygen atoms in total. The average molecular weight is 255 g/mol. The number of benzene rings is 1. The van der Waals surface area contributed by atoms with Gasteiger partial charge in [-0.15, -0.1) is 0 Å². The highest BCUT2D eigenvalue weighted by atomic mass is 15.3. The van der Waals surface area contributed by atoms with E-state index in [1.54, 1.807) is 0 Å². The van der Waals surface area contributed by atoms with Gasteiger partial charge in [0.2, 0.25) is 0 Å². The lowest BCUT2D eigenvalue weighted by Gasteiger charge is -2.20. The van der Waals surface area contributed by atoms with E-state index in [9.17, 15) is 0 Å². The molecule has 1 aromatic carbocycles. The second-order valence-corrected chi connectivity index (χ2v) is 5.49. The molecule has 1 saturated heterocycles. The van der Waals surface area contributed by atoms with Crippen molar-refractivity contribution in [2.75, 3.05) is 13.1 Å². The van der Waals surface area contributed by atoms with Gasteiger partial charge in [0.25, 0.3) is 0 Å². The zero-order valence-corrected chi connectivity index (χ0v) is 11.7. The van der Waals surface area contributed by atoms with Gasteiger partial charge in [-0.05, 0) is 37.9 Å². The molecule has 0 amide bonds. The molecule has 2 heterocycles. The normalized spacial score (nSPS) is 19.6. The molecule has 1 aliphatic rings. The predicted octanol–water partition coefficient (Wildman–Crippen LogP) is 2.86.